The quantitative estimate of drug-likeness (QED) is 0.255. The van der Waals surface area contributed by atoms with Crippen molar-refractivity contribution in [3.8, 4) is 11.4 Å². The minimum absolute atomic E-state index is 0.0108. The van der Waals surface area contributed by atoms with Crippen LogP contribution in [0, 0.1) is 0 Å². The lowest BCUT2D eigenvalue weighted by molar-refractivity contribution is 0.0950. The fraction of sp³-hybridized carbons (Fsp3) is 0.148. The summed E-state index contributed by atoms with van der Waals surface area (Å²) in [5.41, 5.74) is 3.04. The number of hydrogen-bond acceptors (Lipinski definition) is 5. The van der Waals surface area contributed by atoms with Crippen molar-refractivity contribution >= 4 is 23.5 Å². The predicted molar refractivity (Wildman–Crippen MR) is 134 cm³/mol. The molecule has 0 unspecified atom stereocenters. The molecule has 0 fully saturated rings. The summed E-state index contributed by atoms with van der Waals surface area (Å²) in [6.07, 6.45) is 3.51. The molecule has 0 saturated heterocycles. The zero-order valence-electron chi connectivity index (χ0n) is 18.8. The Labute approximate surface area is 203 Å². The van der Waals surface area contributed by atoms with Crippen LogP contribution >= 0.6 is 11.8 Å². The van der Waals surface area contributed by atoms with Crippen molar-refractivity contribution in [2.75, 3.05) is 12.4 Å². The zero-order chi connectivity index (χ0) is 23.8. The van der Waals surface area contributed by atoms with E-state index in [9.17, 15) is 9.59 Å². The van der Waals surface area contributed by atoms with E-state index in [1.165, 1.54) is 11.8 Å². The lowest BCUT2D eigenvalue weighted by atomic mass is 10.1. The predicted octanol–water partition coefficient (Wildman–Crippen LogP) is 5.18. The fourth-order valence-electron chi connectivity index (χ4n) is 3.39. The summed E-state index contributed by atoms with van der Waals surface area (Å²) in [6, 6.07) is 24.3. The van der Waals surface area contributed by atoms with Gasteiger partial charge >= 0.3 is 0 Å². The van der Waals surface area contributed by atoms with Crippen molar-refractivity contribution in [1.82, 2.24) is 14.9 Å². The molecule has 4 aromatic rings. The van der Waals surface area contributed by atoms with Crippen LogP contribution in [0.2, 0.25) is 0 Å². The number of hydrogen-bond donors (Lipinski definition) is 1. The minimum Gasteiger partial charge on any atom is -0.494 e. The first-order valence-electron chi connectivity index (χ1n) is 11.0. The van der Waals surface area contributed by atoms with Gasteiger partial charge in [-0.15, -0.1) is 0 Å². The third-order valence-corrected chi connectivity index (χ3v) is 6.08. The van der Waals surface area contributed by atoms with Gasteiger partial charge in [0.05, 0.1) is 12.4 Å². The number of ketones is 1. The van der Waals surface area contributed by atoms with Crippen molar-refractivity contribution in [3.05, 3.63) is 108 Å². The van der Waals surface area contributed by atoms with Crippen molar-refractivity contribution in [1.29, 1.82) is 0 Å². The molecule has 0 spiro atoms. The number of benzene rings is 3. The molecule has 1 heterocycles. The van der Waals surface area contributed by atoms with E-state index in [1.54, 1.807) is 36.5 Å². The van der Waals surface area contributed by atoms with E-state index in [0.29, 0.717) is 29.4 Å². The minimum atomic E-state index is -0.148. The summed E-state index contributed by atoms with van der Waals surface area (Å²) in [4.78, 5) is 29.7. The number of Topliss-reactive ketones (excluding diaryl/α,β-unsaturated/α-hetero) is 1. The second kappa shape index (κ2) is 11.3. The number of aromatic nitrogens is 2. The van der Waals surface area contributed by atoms with Gasteiger partial charge in [-0.25, -0.2) is 4.98 Å². The number of nitrogens with zero attached hydrogens (tertiary/aromatic N) is 2. The van der Waals surface area contributed by atoms with Gasteiger partial charge in [0.15, 0.2) is 10.9 Å². The number of carbonyl (C=O) groups is 2. The van der Waals surface area contributed by atoms with E-state index < -0.39 is 0 Å². The summed E-state index contributed by atoms with van der Waals surface area (Å²) >= 11 is 1.36. The molecule has 3 aromatic carbocycles. The summed E-state index contributed by atoms with van der Waals surface area (Å²) in [5, 5.41) is 3.63. The lowest BCUT2D eigenvalue weighted by Crippen LogP contribution is -2.22. The second-order valence-electron chi connectivity index (χ2n) is 7.47. The SMILES string of the molecule is CCOc1ccc(C(=O)CSc2nccn2-c2cccc(C(=O)NCc3ccccc3)c2)cc1. The topological polar surface area (TPSA) is 73.2 Å². The maximum absolute atomic E-state index is 12.7. The Bertz CT molecular complexity index is 1250. The van der Waals surface area contributed by atoms with Crippen LogP contribution in [0.3, 0.4) is 0 Å². The molecule has 7 heteroatoms. The lowest BCUT2D eigenvalue weighted by Gasteiger charge is -2.10. The van der Waals surface area contributed by atoms with Crippen LogP contribution in [0.1, 0.15) is 33.2 Å². The maximum atomic E-state index is 12.7. The number of nitrogens with one attached hydrogen (secondary N) is 1. The highest BCUT2D eigenvalue weighted by atomic mass is 32.2. The Hall–Kier alpha value is -3.84. The molecule has 0 bridgehead atoms. The number of ether oxygens (including phenoxy) is 1. The smallest absolute Gasteiger partial charge is 0.251 e. The van der Waals surface area contributed by atoms with Crippen LogP contribution in [-0.2, 0) is 6.54 Å². The molecule has 0 saturated carbocycles. The first-order valence-corrected chi connectivity index (χ1v) is 12.0. The molecule has 172 valence electrons. The highest BCUT2D eigenvalue weighted by Crippen LogP contribution is 2.23. The van der Waals surface area contributed by atoms with E-state index in [1.807, 2.05) is 66.2 Å². The van der Waals surface area contributed by atoms with Gasteiger partial charge in [-0.2, -0.15) is 0 Å². The number of thioether (sulfide) groups is 1. The van der Waals surface area contributed by atoms with Gasteiger partial charge in [0.25, 0.3) is 5.91 Å². The van der Waals surface area contributed by atoms with Crippen molar-refractivity contribution in [2.45, 2.75) is 18.6 Å². The van der Waals surface area contributed by atoms with E-state index in [4.69, 9.17) is 4.74 Å². The normalized spacial score (nSPS) is 10.6. The van der Waals surface area contributed by atoms with Crippen molar-refractivity contribution in [3.63, 3.8) is 0 Å². The van der Waals surface area contributed by atoms with Gasteiger partial charge in [-0.3, -0.25) is 14.2 Å². The van der Waals surface area contributed by atoms with Crippen LogP contribution in [-0.4, -0.2) is 33.6 Å². The van der Waals surface area contributed by atoms with Crippen LogP contribution in [0.15, 0.2) is 96.4 Å². The molecule has 1 N–H and O–H groups in total. The fourth-order valence-corrected chi connectivity index (χ4v) is 4.26. The molecule has 1 aromatic heterocycles. The highest BCUT2D eigenvalue weighted by molar-refractivity contribution is 7.99. The van der Waals surface area contributed by atoms with E-state index in [2.05, 4.69) is 10.3 Å². The van der Waals surface area contributed by atoms with Gasteiger partial charge in [-0.1, -0.05) is 48.2 Å². The number of rotatable bonds is 10. The molecule has 0 radical (unpaired) electrons. The number of amides is 1. The van der Waals surface area contributed by atoms with E-state index in [0.717, 1.165) is 17.0 Å². The molecule has 0 aliphatic heterocycles. The van der Waals surface area contributed by atoms with Crippen LogP contribution < -0.4 is 10.1 Å². The molecule has 0 aliphatic carbocycles. The summed E-state index contributed by atoms with van der Waals surface area (Å²) in [7, 11) is 0. The zero-order valence-corrected chi connectivity index (χ0v) is 19.6. The third kappa shape index (κ3) is 5.94. The molecule has 6 nitrogen and oxygen atoms in total. The average molecular weight is 472 g/mol. The van der Waals surface area contributed by atoms with Crippen molar-refractivity contribution < 1.29 is 14.3 Å². The van der Waals surface area contributed by atoms with Gasteiger partial charge in [0, 0.05) is 35.8 Å². The Morgan fingerprint density at radius 1 is 0.971 bits per heavy atom. The second-order valence-corrected chi connectivity index (χ2v) is 8.41. The Morgan fingerprint density at radius 3 is 2.53 bits per heavy atom. The first-order chi connectivity index (χ1) is 16.6. The van der Waals surface area contributed by atoms with E-state index >= 15 is 0 Å². The third-order valence-electron chi connectivity index (χ3n) is 5.11. The molecular weight excluding hydrogens is 446 g/mol. The molecule has 0 atom stereocenters. The molecule has 0 aliphatic rings. The summed E-state index contributed by atoms with van der Waals surface area (Å²) < 4.78 is 7.31. The van der Waals surface area contributed by atoms with Gasteiger partial charge < -0.3 is 10.1 Å². The molecule has 1 amide bonds. The molecule has 4 rings (SSSR count). The van der Waals surface area contributed by atoms with E-state index in [-0.39, 0.29) is 17.4 Å². The largest absolute Gasteiger partial charge is 0.494 e. The highest BCUT2D eigenvalue weighted by Gasteiger charge is 2.13. The molecule has 34 heavy (non-hydrogen) atoms. The van der Waals surface area contributed by atoms with Crippen molar-refractivity contribution in [2.24, 2.45) is 0 Å². The maximum Gasteiger partial charge on any atom is 0.251 e. The van der Waals surface area contributed by atoms with Gasteiger partial charge in [0.2, 0.25) is 0 Å². The number of imidazole rings is 1. The monoisotopic (exact) mass is 471 g/mol. The Kier molecular flexibility index (Phi) is 7.78. The summed E-state index contributed by atoms with van der Waals surface area (Å²) in [6.45, 7) is 2.97. The average Bonchev–Trinajstić information content (AvgIpc) is 3.36. The van der Waals surface area contributed by atoms with Crippen LogP contribution in [0.4, 0.5) is 0 Å². The number of carbonyl (C=O) groups excluding carboxylic acids is 2. The molecular formula is C27H25N3O3S. The standard InChI is InChI=1S/C27H25N3O3S/c1-2-33-24-13-11-21(12-14-24)25(31)19-34-27-28-15-16-30(27)23-10-6-9-22(17-23)26(32)29-18-20-7-4-3-5-8-20/h3-17H,2,18-19H2,1H3,(H,29,32). The van der Waals surface area contributed by atoms with Gasteiger partial charge in [0.1, 0.15) is 5.75 Å². The summed E-state index contributed by atoms with van der Waals surface area (Å²) in [5.74, 6) is 0.861. The van der Waals surface area contributed by atoms with Gasteiger partial charge in [-0.05, 0) is 55.0 Å². The first kappa shape index (κ1) is 23.3. The van der Waals surface area contributed by atoms with Crippen LogP contribution in [0.5, 0.6) is 5.75 Å². The van der Waals surface area contributed by atoms with Crippen LogP contribution in [0.25, 0.3) is 5.69 Å². The Morgan fingerprint density at radius 2 is 1.76 bits per heavy atom. The Balaban J connectivity index is 1.40.